The van der Waals surface area contributed by atoms with Crippen LogP contribution in [0.1, 0.15) is 34.5 Å². The average molecular weight is 363 g/mol. The molecule has 0 unspecified atom stereocenters. The van der Waals surface area contributed by atoms with Crippen molar-refractivity contribution in [3.63, 3.8) is 0 Å². The van der Waals surface area contributed by atoms with Crippen molar-refractivity contribution in [2.75, 3.05) is 24.5 Å². The highest BCUT2D eigenvalue weighted by Gasteiger charge is 2.33. The zero-order chi connectivity index (χ0) is 18.4. The van der Waals surface area contributed by atoms with Crippen LogP contribution in [0.4, 0.5) is 5.69 Å². The fourth-order valence-corrected chi connectivity index (χ4v) is 4.58. The van der Waals surface area contributed by atoms with E-state index >= 15 is 0 Å². The summed E-state index contributed by atoms with van der Waals surface area (Å²) in [5.41, 5.74) is 7.47. The number of rotatable bonds is 3. The molecule has 1 saturated heterocycles. The Morgan fingerprint density at radius 1 is 1.26 bits per heavy atom. The van der Waals surface area contributed by atoms with Crippen LogP contribution in [0.5, 0.6) is 0 Å². The summed E-state index contributed by atoms with van der Waals surface area (Å²) in [6.07, 6.45) is 5.35. The van der Waals surface area contributed by atoms with E-state index in [2.05, 4.69) is 28.2 Å². The Bertz CT molecular complexity index is 876. The number of amides is 1. The van der Waals surface area contributed by atoms with Gasteiger partial charge in [-0.05, 0) is 48.7 Å². The molecule has 6 heteroatoms. The molecule has 5 heterocycles. The van der Waals surface area contributed by atoms with Crippen LogP contribution in [0, 0.1) is 12.8 Å². The molecule has 1 amide bonds. The van der Waals surface area contributed by atoms with Crippen molar-refractivity contribution in [1.29, 1.82) is 0 Å². The molecule has 2 aromatic rings. The lowest BCUT2D eigenvalue weighted by Gasteiger charge is -2.41. The first-order chi connectivity index (χ1) is 13.2. The Labute approximate surface area is 159 Å². The highest BCUT2D eigenvalue weighted by Crippen LogP contribution is 2.31. The summed E-state index contributed by atoms with van der Waals surface area (Å²) >= 11 is 0. The molecule has 27 heavy (non-hydrogen) atoms. The number of fused-ring (bicyclic) bond motifs is 2. The van der Waals surface area contributed by atoms with E-state index in [9.17, 15) is 4.79 Å². The predicted molar refractivity (Wildman–Crippen MR) is 103 cm³/mol. The van der Waals surface area contributed by atoms with E-state index in [4.69, 9.17) is 4.98 Å². The standard InChI is InChI=1S/C21H25N5O/c1-14-17-4-6-23-9-19(17)24-20-13-26(12-18(14)20)21(27)7-15-10-25(11-15)16-3-2-5-22-8-16/h2-3,5,8,15,23H,4,6-7,9-13H2,1H3. The first-order valence-electron chi connectivity index (χ1n) is 9.82. The third-order valence-electron chi connectivity index (χ3n) is 6.19. The van der Waals surface area contributed by atoms with Gasteiger partial charge in [0.2, 0.25) is 5.91 Å². The topological polar surface area (TPSA) is 61.4 Å². The summed E-state index contributed by atoms with van der Waals surface area (Å²) in [6, 6.07) is 4.03. The van der Waals surface area contributed by atoms with Gasteiger partial charge in [-0.3, -0.25) is 14.8 Å². The number of aromatic nitrogens is 2. The smallest absolute Gasteiger partial charge is 0.223 e. The van der Waals surface area contributed by atoms with Crippen molar-refractivity contribution in [3.8, 4) is 0 Å². The average Bonchev–Trinajstić information content (AvgIpc) is 3.09. The van der Waals surface area contributed by atoms with E-state index in [1.165, 1.54) is 22.4 Å². The number of nitrogens with one attached hydrogen (secondary N) is 1. The number of pyridine rings is 2. The van der Waals surface area contributed by atoms with Crippen LogP contribution in [-0.2, 0) is 30.8 Å². The lowest BCUT2D eigenvalue weighted by atomic mass is 9.95. The van der Waals surface area contributed by atoms with E-state index in [0.29, 0.717) is 18.9 Å². The van der Waals surface area contributed by atoms with Crippen LogP contribution in [-0.4, -0.2) is 40.4 Å². The van der Waals surface area contributed by atoms with Crippen molar-refractivity contribution in [3.05, 3.63) is 52.6 Å². The number of carbonyl (C=O) groups excluding carboxylic acids is 1. The predicted octanol–water partition coefficient (Wildman–Crippen LogP) is 1.80. The van der Waals surface area contributed by atoms with Gasteiger partial charge < -0.3 is 15.1 Å². The van der Waals surface area contributed by atoms with Gasteiger partial charge in [0.15, 0.2) is 0 Å². The molecular weight excluding hydrogens is 338 g/mol. The highest BCUT2D eigenvalue weighted by atomic mass is 16.2. The maximum Gasteiger partial charge on any atom is 0.223 e. The molecule has 0 aromatic carbocycles. The van der Waals surface area contributed by atoms with Crippen LogP contribution in [0.3, 0.4) is 0 Å². The Morgan fingerprint density at radius 2 is 2.15 bits per heavy atom. The van der Waals surface area contributed by atoms with Gasteiger partial charge in [0.05, 0.1) is 29.8 Å². The second kappa shape index (κ2) is 6.60. The fraction of sp³-hybridized carbons (Fsp3) is 0.476. The van der Waals surface area contributed by atoms with Gasteiger partial charge in [-0.25, -0.2) is 0 Å². The Morgan fingerprint density at radius 3 is 2.96 bits per heavy atom. The zero-order valence-electron chi connectivity index (χ0n) is 15.7. The number of hydrogen-bond acceptors (Lipinski definition) is 5. The molecule has 3 aliphatic rings. The number of nitrogens with zero attached hydrogens (tertiary/aromatic N) is 4. The van der Waals surface area contributed by atoms with Crippen molar-refractivity contribution in [2.24, 2.45) is 5.92 Å². The molecule has 0 bridgehead atoms. The third kappa shape index (κ3) is 2.98. The third-order valence-corrected chi connectivity index (χ3v) is 6.19. The van der Waals surface area contributed by atoms with Crippen LogP contribution in [0.15, 0.2) is 24.5 Å². The molecule has 0 radical (unpaired) electrons. The van der Waals surface area contributed by atoms with E-state index in [1.807, 2.05) is 17.2 Å². The molecule has 6 nitrogen and oxygen atoms in total. The number of hydrogen-bond donors (Lipinski definition) is 1. The first kappa shape index (κ1) is 16.7. The van der Waals surface area contributed by atoms with E-state index in [-0.39, 0.29) is 5.91 Å². The number of anilines is 1. The minimum Gasteiger partial charge on any atom is -0.370 e. The molecule has 140 valence electrons. The molecular formula is C21H25N5O. The van der Waals surface area contributed by atoms with Gasteiger partial charge in [-0.2, -0.15) is 0 Å². The van der Waals surface area contributed by atoms with Crippen molar-refractivity contribution < 1.29 is 4.79 Å². The summed E-state index contributed by atoms with van der Waals surface area (Å²) in [6.45, 7) is 7.35. The Kier molecular flexibility index (Phi) is 4.08. The van der Waals surface area contributed by atoms with Gasteiger partial charge in [-0.15, -0.1) is 0 Å². The van der Waals surface area contributed by atoms with Crippen LogP contribution in [0.25, 0.3) is 0 Å². The lowest BCUT2D eigenvalue weighted by molar-refractivity contribution is -0.133. The molecule has 0 aliphatic carbocycles. The summed E-state index contributed by atoms with van der Waals surface area (Å²) in [5, 5.41) is 3.40. The summed E-state index contributed by atoms with van der Waals surface area (Å²) < 4.78 is 0. The molecule has 1 N–H and O–H groups in total. The molecule has 0 spiro atoms. The van der Waals surface area contributed by atoms with Gasteiger partial charge in [-0.1, -0.05) is 0 Å². The first-order valence-corrected chi connectivity index (χ1v) is 9.82. The maximum atomic E-state index is 12.8. The van der Waals surface area contributed by atoms with E-state index < -0.39 is 0 Å². The molecule has 0 atom stereocenters. The van der Waals surface area contributed by atoms with Crippen LogP contribution in [0.2, 0.25) is 0 Å². The second-order valence-electron chi connectivity index (χ2n) is 7.95. The minimum atomic E-state index is 0.263. The number of carbonyl (C=O) groups is 1. The van der Waals surface area contributed by atoms with Crippen LogP contribution >= 0.6 is 0 Å². The SMILES string of the molecule is Cc1c2c(nc3c1CN(C(=O)CC1CN(c4cccnc4)C1)C3)CNCC2. The zero-order valence-corrected chi connectivity index (χ0v) is 15.7. The summed E-state index contributed by atoms with van der Waals surface area (Å²) in [7, 11) is 0. The summed E-state index contributed by atoms with van der Waals surface area (Å²) in [5.74, 6) is 0.701. The largest absolute Gasteiger partial charge is 0.370 e. The fourth-order valence-electron chi connectivity index (χ4n) is 4.58. The molecule has 0 saturated carbocycles. The van der Waals surface area contributed by atoms with Gasteiger partial charge in [0.1, 0.15) is 0 Å². The lowest BCUT2D eigenvalue weighted by Crippen LogP contribution is -2.48. The van der Waals surface area contributed by atoms with Crippen molar-refractivity contribution in [1.82, 2.24) is 20.2 Å². The van der Waals surface area contributed by atoms with E-state index in [1.54, 1.807) is 6.20 Å². The van der Waals surface area contributed by atoms with Gasteiger partial charge in [0, 0.05) is 44.7 Å². The minimum absolute atomic E-state index is 0.263. The molecule has 5 rings (SSSR count). The van der Waals surface area contributed by atoms with Gasteiger partial charge >= 0.3 is 0 Å². The summed E-state index contributed by atoms with van der Waals surface area (Å²) in [4.78, 5) is 26.2. The molecule has 1 fully saturated rings. The monoisotopic (exact) mass is 363 g/mol. The van der Waals surface area contributed by atoms with Crippen LogP contribution < -0.4 is 10.2 Å². The van der Waals surface area contributed by atoms with Gasteiger partial charge in [0.25, 0.3) is 0 Å². The normalized spacial score (nSPS) is 18.9. The highest BCUT2D eigenvalue weighted by molar-refractivity contribution is 5.77. The molecule has 3 aliphatic heterocycles. The second-order valence-corrected chi connectivity index (χ2v) is 7.95. The van der Waals surface area contributed by atoms with E-state index in [0.717, 1.165) is 50.5 Å². The maximum absolute atomic E-state index is 12.8. The Hall–Kier alpha value is -2.47. The van der Waals surface area contributed by atoms with Crippen molar-refractivity contribution in [2.45, 2.75) is 39.4 Å². The Balaban J connectivity index is 1.22. The molecule has 2 aromatic heterocycles. The van der Waals surface area contributed by atoms with Crippen molar-refractivity contribution >= 4 is 11.6 Å². The quantitative estimate of drug-likeness (QED) is 0.901.